The molecule has 4 N–H and O–H groups in total. The lowest BCUT2D eigenvalue weighted by Crippen LogP contribution is -2.25. The average molecular weight is 445 g/mol. The van der Waals surface area contributed by atoms with Crippen LogP contribution in [0.2, 0.25) is 0 Å². The highest BCUT2D eigenvalue weighted by atomic mass is 16.3. The normalized spacial score (nSPS) is 11.5. The first-order valence-corrected chi connectivity index (χ1v) is 11.3. The van der Waals surface area contributed by atoms with E-state index in [1.807, 2.05) is 24.3 Å². The molecule has 0 unspecified atom stereocenters. The van der Waals surface area contributed by atoms with E-state index in [1.165, 1.54) is 23.7 Å². The minimum Gasteiger partial charge on any atom is -0.507 e. The molecule has 8 nitrogen and oxygen atoms in total. The van der Waals surface area contributed by atoms with Gasteiger partial charge in [0.25, 0.3) is 5.91 Å². The zero-order chi connectivity index (χ0) is 23.2. The van der Waals surface area contributed by atoms with Gasteiger partial charge in [-0.05, 0) is 30.7 Å². The highest BCUT2D eigenvalue weighted by Crippen LogP contribution is 2.28. The van der Waals surface area contributed by atoms with Crippen molar-refractivity contribution >= 4 is 40.1 Å². The Hall–Kier alpha value is -3.94. The van der Waals surface area contributed by atoms with Crippen LogP contribution in [0.15, 0.2) is 53.6 Å². The number of fused-ring (bicyclic) bond motifs is 2. The summed E-state index contributed by atoms with van der Waals surface area (Å²) >= 11 is 0. The standard InChI is InChI=1S/C25H28N6O2/c1-2-3-4-5-10-15-27-25(33)21-22-24(30-19-13-8-7-12-18(19)29-22)31(23(21)26)28-16-17-11-6-9-14-20(17)32/h6-9,11-14,16,32H,2-5,10,15,26H2,1H3,(H,27,33)/b28-16+. The first-order valence-electron chi connectivity index (χ1n) is 11.3. The van der Waals surface area contributed by atoms with Crippen LogP contribution in [0.1, 0.15) is 54.9 Å². The maximum Gasteiger partial charge on any atom is 0.257 e. The largest absolute Gasteiger partial charge is 0.507 e. The van der Waals surface area contributed by atoms with Gasteiger partial charge in [-0.15, -0.1) is 0 Å². The van der Waals surface area contributed by atoms with Gasteiger partial charge in [-0.1, -0.05) is 56.9 Å². The first-order chi connectivity index (χ1) is 16.1. The van der Waals surface area contributed by atoms with Crippen molar-refractivity contribution < 1.29 is 9.90 Å². The molecule has 0 spiro atoms. The lowest BCUT2D eigenvalue weighted by molar-refractivity contribution is 0.0955. The van der Waals surface area contributed by atoms with Gasteiger partial charge in [-0.25, -0.2) is 9.97 Å². The molecule has 0 aliphatic rings. The van der Waals surface area contributed by atoms with Crippen molar-refractivity contribution in [1.82, 2.24) is 20.0 Å². The van der Waals surface area contributed by atoms with Crippen molar-refractivity contribution in [2.75, 3.05) is 12.3 Å². The molecule has 1 amide bonds. The molecule has 8 heteroatoms. The van der Waals surface area contributed by atoms with Crippen LogP contribution in [0, 0.1) is 0 Å². The number of amides is 1. The quantitative estimate of drug-likeness (QED) is 0.260. The number of carbonyl (C=O) groups is 1. The lowest BCUT2D eigenvalue weighted by Gasteiger charge is -2.05. The maximum absolute atomic E-state index is 13.1. The molecule has 4 rings (SSSR count). The molecule has 0 radical (unpaired) electrons. The predicted molar refractivity (Wildman–Crippen MR) is 132 cm³/mol. The van der Waals surface area contributed by atoms with Crippen LogP contribution in [0.25, 0.3) is 22.2 Å². The second-order valence-corrected chi connectivity index (χ2v) is 7.93. The van der Waals surface area contributed by atoms with Crippen LogP contribution in [0.4, 0.5) is 5.82 Å². The van der Waals surface area contributed by atoms with Crippen LogP contribution < -0.4 is 11.1 Å². The Morgan fingerprint density at radius 1 is 1.06 bits per heavy atom. The van der Waals surface area contributed by atoms with E-state index in [0.717, 1.165) is 19.3 Å². The summed E-state index contributed by atoms with van der Waals surface area (Å²) in [6.07, 6.45) is 7.00. The van der Waals surface area contributed by atoms with Crippen LogP contribution in [-0.2, 0) is 0 Å². The third-order valence-corrected chi connectivity index (χ3v) is 5.52. The number of nitrogens with zero attached hydrogens (tertiary/aromatic N) is 4. The molecule has 33 heavy (non-hydrogen) atoms. The summed E-state index contributed by atoms with van der Waals surface area (Å²) in [5.74, 6) is -0.0570. The number of anilines is 1. The molecule has 0 fully saturated rings. The minimum absolute atomic E-state index is 0.0915. The van der Waals surface area contributed by atoms with Crippen molar-refractivity contribution in [2.45, 2.75) is 39.0 Å². The van der Waals surface area contributed by atoms with E-state index in [0.29, 0.717) is 34.3 Å². The van der Waals surface area contributed by atoms with E-state index in [9.17, 15) is 9.90 Å². The van der Waals surface area contributed by atoms with Gasteiger partial charge >= 0.3 is 0 Å². The number of para-hydroxylation sites is 3. The number of benzene rings is 2. The highest BCUT2D eigenvalue weighted by molar-refractivity contribution is 6.10. The Morgan fingerprint density at radius 2 is 1.76 bits per heavy atom. The molecule has 0 aliphatic carbocycles. The second-order valence-electron chi connectivity index (χ2n) is 7.93. The topological polar surface area (TPSA) is 118 Å². The third kappa shape index (κ3) is 4.79. The number of nitrogens with two attached hydrogens (primary N) is 1. The van der Waals surface area contributed by atoms with Gasteiger partial charge in [-0.2, -0.15) is 9.78 Å². The number of nitrogens with one attached hydrogen (secondary N) is 1. The van der Waals surface area contributed by atoms with Crippen molar-refractivity contribution in [3.05, 3.63) is 59.7 Å². The van der Waals surface area contributed by atoms with Gasteiger partial charge in [0, 0.05) is 12.1 Å². The average Bonchev–Trinajstić information content (AvgIpc) is 3.09. The summed E-state index contributed by atoms with van der Waals surface area (Å²) in [4.78, 5) is 22.4. The van der Waals surface area contributed by atoms with Crippen molar-refractivity contribution in [2.24, 2.45) is 5.10 Å². The third-order valence-electron chi connectivity index (χ3n) is 5.52. The maximum atomic E-state index is 13.1. The number of aromatic hydroxyl groups is 1. The zero-order valence-corrected chi connectivity index (χ0v) is 18.7. The van der Waals surface area contributed by atoms with E-state index < -0.39 is 0 Å². The fourth-order valence-electron chi connectivity index (χ4n) is 3.72. The summed E-state index contributed by atoms with van der Waals surface area (Å²) in [5.41, 5.74) is 9.28. The SMILES string of the molecule is CCCCCCCNC(=O)c1c(N)n(/N=C/c2ccccc2O)c2nc3ccccc3nc12. The molecule has 0 atom stereocenters. The van der Waals surface area contributed by atoms with Gasteiger partial charge < -0.3 is 16.2 Å². The number of phenols is 1. The van der Waals surface area contributed by atoms with Crippen LogP contribution in [0.3, 0.4) is 0 Å². The number of nitrogen functional groups attached to an aromatic ring is 1. The molecule has 2 aromatic heterocycles. The fourth-order valence-corrected chi connectivity index (χ4v) is 3.72. The Kier molecular flexibility index (Phi) is 6.83. The van der Waals surface area contributed by atoms with Gasteiger partial charge in [0.1, 0.15) is 22.6 Å². The second kappa shape index (κ2) is 10.1. The van der Waals surface area contributed by atoms with Crippen LogP contribution in [-0.4, -0.2) is 38.4 Å². The van der Waals surface area contributed by atoms with E-state index >= 15 is 0 Å². The van der Waals surface area contributed by atoms with E-state index in [2.05, 4.69) is 27.3 Å². The minimum atomic E-state index is -0.297. The summed E-state index contributed by atoms with van der Waals surface area (Å²) in [6.45, 7) is 2.74. The molecular weight excluding hydrogens is 416 g/mol. The zero-order valence-electron chi connectivity index (χ0n) is 18.7. The summed E-state index contributed by atoms with van der Waals surface area (Å²) in [5, 5.41) is 17.4. The number of unbranched alkanes of at least 4 members (excludes halogenated alkanes) is 4. The Morgan fingerprint density at radius 3 is 2.52 bits per heavy atom. The molecule has 0 saturated carbocycles. The summed E-state index contributed by atoms with van der Waals surface area (Å²) in [6, 6.07) is 14.3. The Labute approximate surface area is 192 Å². The molecule has 0 aliphatic heterocycles. The molecule has 2 aromatic carbocycles. The first kappa shape index (κ1) is 22.3. The van der Waals surface area contributed by atoms with Gasteiger partial charge in [-0.3, -0.25) is 4.79 Å². The van der Waals surface area contributed by atoms with E-state index in [1.54, 1.807) is 24.3 Å². The van der Waals surface area contributed by atoms with Crippen LogP contribution in [0.5, 0.6) is 5.75 Å². The van der Waals surface area contributed by atoms with Gasteiger partial charge in [0.2, 0.25) is 0 Å². The van der Waals surface area contributed by atoms with Crippen molar-refractivity contribution in [3.63, 3.8) is 0 Å². The highest BCUT2D eigenvalue weighted by Gasteiger charge is 2.23. The van der Waals surface area contributed by atoms with E-state index in [-0.39, 0.29) is 23.0 Å². The van der Waals surface area contributed by atoms with Crippen LogP contribution >= 0.6 is 0 Å². The van der Waals surface area contributed by atoms with E-state index in [4.69, 9.17) is 5.73 Å². The lowest BCUT2D eigenvalue weighted by atomic mass is 10.1. The Balaban J connectivity index is 1.71. The number of carbonyl (C=O) groups excluding carboxylic acids is 1. The number of phenolic OH excluding ortho intramolecular Hbond substituents is 1. The number of aromatic nitrogens is 3. The number of rotatable bonds is 9. The summed E-state index contributed by atoms with van der Waals surface area (Å²) < 4.78 is 1.40. The van der Waals surface area contributed by atoms with Gasteiger partial charge in [0.15, 0.2) is 5.65 Å². The Bertz CT molecular complexity index is 1310. The molecule has 0 bridgehead atoms. The van der Waals surface area contributed by atoms with Gasteiger partial charge in [0.05, 0.1) is 17.2 Å². The van der Waals surface area contributed by atoms with Crippen molar-refractivity contribution in [3.8, 4) is 5.75 Å². The predicted octanol–water partition coefficient (Wildman–Crippen LogP) is 4.45. The monoisotopic (exact) mass is 444 g/mol. The molecule has 2 heterocycles. The fraction of sp³-hybridized carbons (Fsp3) is 0.280. The molecule has 0 saturated heterocycles. The smallest absolute Gasteiger partial charge is 0.257 e. The van der Waals surface area contributed by atoms with Crippen molar-refractivity contribution in [1.29, 1.82) is 0 Å². The number of hydrogen-bond donors (Lipinski definition) is 3. The molecule has 4 aromatic rings. The molecule has 170 valence electrons. The summed E-state index contributed by atoms with van der Waals surface area (Å²) in [7, 11) is 0. The number of hydrogen-bond acceptors (Lipinski definition) is 6. The molecular formula is C25H28N6O2.